The molecule has 3 heteroatoms. The van der Waals surface area contributed by atoms with Gasteiger partial charge in [-0.2, -0.15) is 0 Å². The SMILES string of the molecule is OC(CSc1ccc(Cl)cc1)C1CCC1. The zero-order chi connectivity index (χ0) is 10.7. The number of hydrogen-bond acceptors (Lipinski definition) is 2. The van der Waals surface area contributed by atoms with Crippen LogP contribution >= 0.6 is 23.4 Å². The smallest absolute Gasteiger partial charge is 0.0662 e. The Morgan fingerprint density at radius 1 is 1.33 bits per heavy atom. The molecular weight excluding hydrogens is 228 g/mol. The summed E-state index contributed by atoms with van der Waals surface area (Å²) in [5.74, 6) is 1.34. The molecule has 1 aliphatic rings. The molecule has 1 saturated carbocycles. The molecule has 0 aromatic heterocycles. The fourth-order valence-electron chi connectivity index (χ4n) is 1.67. The first-order valence-electron chi connectivity index (χ1n) is 5.32. The molecular formula is C12H15ClOS. The van der Waals surface area contributed by atoms with Crippen LogP contribution in [0.5, 0.6) is 0 Å². The molecule has 1 unspecified atom stereocenters. The monoisotopic (exact) mass is 242 g/mol. The summed E-state index contributed by atoms with van der Waals surface area (Å²) in [6, 6.07) is 7.78. The van der Waals surface area contributed by atoms with E-state index in [1.807, 2.05) is 24.3 Å². The van der Waals surface area contributed by atoms with Crippen molar-refractivity contribution in [2.24, 2.45) is 5.92 Å². The lowest BCUT2D eigenvalue weighted by molar-refractivity contribution is 0.0817. The van der Waals surface area contributed by atoms with E-state index >= 15 is 0 Å². The van der Waals surface area contributed by atoms with Crippen LogP contribution in [-0.4, -0.2) is 17.0 Å². The number of aliphatic hydroxyl groups excluding tert-OH is 1. The molecule has 1 atom stereocenters. The van der Waals surface area contributed by atoms with Crippen LogP contribution in [0, 0.1) is 5.92 Å². The second-order valence-electron chi connectivity index (χ2n) is 4.02. The van der Waals surface area contributed by atoms with E-state index in [9.17, 15) is 5.11 Å². The Hall–Kier alpha value is -0.180. The summed E-state index contributed by atoms with van der Waals surface area (Å²) in [4.78, 5) is 1.18. The molecule has 82 valence electrons. The Morgan fingerprint density at radius 2 is 2.00 bits per heavy atom. The van der Waals surface area contributed by atoms with Gasteiger partial charge in [0.15, 0.2) is 0 Å². The summed E-state index contributed by atoms with van der Waals surface area (Å²) in [6.07, 6.45) is 3.54. The van der Waals surface area contributed by atoms with E-state index < -0.39 is 0 Å². The maximum atomic E-state index is 9.84. The number of hydrogen-bond donors (Lipinski definition) is 1. The van der Waals surface area contributed by atoms with Gasteiger partial charge in [-0.3, -0.25) is 0 Å². The number of thioether (sulfide) groups is 1. The molecule has 0 bridgehead atoms. The van der Waals surface area contributed by atoms with Gasteiger partial charge in [0.1, 0.15) is 0 Å². The first-order chi connectivity index (χ1) is 7.25. The second-order valence-corrected chi connectivity index (χ2v) is 5.55. The zero-order valence-electron chi connectivity index (χ0n) is 8.53. The molecule has 1 N–H and O–H groups in total. The highest BCUT2D eigenvalue weighted by Crippen LogP contribution is 2.32. The molecule has 1 nitrogen and oxygen atoms in total. The van der Waals surface area contributed by atoms with Crippen LogP contribution in [0.25, 0.3) is 0 Å². The van der Waals surface area contributed by atoms with E-state index in [-0.39, 0.29) is 6.10 Å². The van der Waals surface area contributed by atoms with Crippen LogP contribution in [0.2, 0.25) is 5.02 Å². The summed E-state index contributed by atoms with van der Waals surface area (Å²) in [6.45, 7) is 0. The molecule has 2 rings (SSSR count). The van der Waals surface area contributed by atoms with Crippen LogP contribution in [0.1, 0.15) is 19.3 Å². The first-order valence-corrected chi connectivity index (χ1v) is 6.68. The zero-order valence-corrected chi connectivity index (χ0v) is 10.1. The molecule has 0 saturated heterocycles. The highest BCUT2D eigenvalue weighted by Gasteiger charge is 2.25. The van der Waals surface area contributed by atoms with E-state index in [0.29, 0.717) is 5.92 Å². The lowest BCUT2D eigenvalue weighted by atomic mass is 9.82. The molecule has 0 radical (unpaired) electrons. The Kier molecular flexibility index (Phi) is 3.95. The van der Waals surface area contributed by atoms with E-state index in [1.54, 1.807) is 11.8 Å². The minimum atomic E-state index is -0.139. The first kappa shape index (κ1) is 11.3. The Morgan fingerprint density at radius 3 is 2.53 bits per heavy atom. The molecule has 1 aromatic rings. The van der Waals surface area contributed by atoms with Gasteiger partial charge in [-0.25, -0.2) is 0 Å². The van der Waals surface area contributed by atoms with Crippen molar-refractivity contribution in [2.75, 3.05) is 5.75 Å². The van der Waals surface area contributed by atoms with E-state index in [4.69, 9.17) is 11.6 Å². The molecule has 1 aromatic carbocycles. The fraction of sp³-hybridized carbons (Fsp3) is 0.500. The number of rotatable bonds is 4. The van der Waals surface area contributed by atoms with Crippen LogP contribution < -0.4 is 0 Å². The Bertz CT molecular complexity index is 308. The highest BCUT2D eigenvalue weighted by atomic mass is 35.5. The van der Waals surface area contributed by atoms with Gasteiger partial charge in [0.05, 0.1) is 6.10 Å². The minimum absolute atomic E-state index is 0.139. The predicted molar refractivity (Wildman–Crippen MR) is 65.5 cm³/mol. The van der Waals surface area contributed by atoms with Gasteiger partial charge in [0.25, 0.3) is 0 Å². The third-order valence-electron chi connectivity index (χ3n) is 2.93. The largest absolute Gasteiger partial charge is 0.392 e. The maximum absolute atomic E-state index is 9.84. The quantitative estimate of drug-likeness (QED) is 0.815. The minimum Gasteiger partial charge on any atom is -0.392 e. The van der Waals surface area contributed by atoms with Gasteiger partial charge in [0, 0.05) is 15.7 Å². The molecule has 15 heavy (non-hydrogen) atoms. The molecule has 1 aliphatic carbocycles. The molecule has 1 fully saturated rings. The average molecular weight is 243 g/mol. The lowest BCUT2D eigenvalue weighted by Gasteiger charge is -2.29. The van der Waals surface area contributed by atoms with Gasteiger partial charge >= 0.3 is 0 Å². The topological polar surface area (TPSA) is 20.2 Å². The van der Waals surface area contributed by atoms with Gasteiger partial charge in [0.2, 0.25) is 0 Å². The van der Waals surface area contributed by atoms with Crippen molar-refractivity contribution in [3.05, 3.63) is 29.3 Å². The summed E-state index contributed by atoms with van der Waals surface area (Å²) < 4.78 is 0. The van der Waals surface area contributed by atoms with Crippen molar-refractivity contribution in [3.63, 3.8) is 0 Å². The summed E-state index contributed by atoms with van der Waals surface area (Å²) in [5.41, 5.74) is 0. The van der Waals surface area contributed by atoms with Crippen LogP contribution in [0.15, 0.2) is 29.2 Å². The maximum Gasteiger partial charge on any atom is 0.0662 e. The van der Waals surface area contributed by atoms with Crippen LogP contribution in [0.4, 0.5) is 0 Å². The number of halogens is 1. The van der Waals surface area contributed by atoms with Crippen LogP contribution in [0.3, 0.4) is 0 Å². The lowest BCUT2D eigenvalue weighted by Crippen LogP contribution is -2.28. The predicted octanol–water partition coefficient (Wildman–Crippen LogP) is 3.59. The standard InChI is InChI=1S/C12H15ClOS/c13-10-4-6-11(7-5-10)15-8-12(14)9-2-1-3-9/h4-7,9,12,14H,1-3,8H2. The average Bonchev–Trinajstić information content (AvgIpc) is 2.14. The summed E-state index contributed by atoms with van der Waals surface area (Å²) in [5, 5.41) is 10.6. The van der Waals surface area contributed by atoms with Crippen molar-refractivity contribution in [2.45, 2.75) is 30.3 Å². The van der Waals surface area contributed by atoms with Gasteiger partial charge < -0.3 is 5.11 Å². The highest BCUT2D eigenvalue weighted by molar-refractivity contribution is 7.99. The van der Waals surface area contributed by atoms with Gasteiger partial charge in [-0.15, -0.1) is 11.8 Å². The van der Waals surface area contributed by atoms with E-state index in [1.165, 1.54) is 24.2 Å². The normalized spacial score (nSPS) is 18.5. The molecule has 0 aliphatic heterocycles. The number of benzene rings is 1. The third-order valence-corrected chi connectivity index (χ3v) is 4.29. The van der Waals surface area contributed by atoms with Gasteiger partial charge in [-0.1, -0.05) is 18.0 Å². The Balaban J connectivity index is 1.79. The van der Waals surface area contributed by atoms with Crippen LogP contribution in [-0.2, 0) is 0 Å². The molecule has 0 spiro atoms. The Labute approximate surface area is 99.8 Å². The summed E-state index contributed by atoms with van der Waals surface area (Å²) in [7, 11) is 0. The van der Waals surface area contributed by atoms with Gasteiger partial charge in [-0.05, 0) is 43.0 Å². The third kappa shape index (κ3) is 3.13. The molecule has 0 amide bonds. The fourth-order valence-corrected chi connectivity index (χ4v) is 2.76. The van der Waals surface area contributed by atoms with E-state index in [0.717, 1.165) is 10.8 Å². The molecule has 0 heterocycles. The van der Waals surface area contributed by atoms with Crippen molar-refractivity contribution in [3.8, 4) is 0 Å². The second kappa shape index (κ2) is 5.24. The van der Waals surface area contributed by atoms with Crippen molar-refractivity contribution in [1.29, 1.82) is 0 Å². The summed E-state index contributed by atoms with van der Waals surface area (Å²) >= 11 is 7.50. The van der Waals surface area contributed by atoms with Crippen molar-refractivity contribution in [1.82, 2.24) is 0 Å². The van der Waals surface area contributed by atoms with Crippen molar-refractivity contribution < 1.29 is 5.11 Å². The van der Waals surface area contributed by atoms with Crippen molar-refractivity contribution >= 4 is 23.4 Å². The van der Waals surface area contributed by atoms with E-state index in [2.05, 4.69) is 0 Å². The number of aliphatic hydroxyl groups is 1.